The van der Waals surface area contributed by atoms with Crippen LogP contribution in [0.5, 0.6) is 0 Å². The third-order valence-electron chi connectivity index (χ3n) is 8.04. The summed E-state index contributed by atoms with van der Waals surface area (Å²) in [5.41, 5.74) is -0.188. The quantitative estimate of drug-likeness (QED) is 0.429. The highest BCUT2D eigenvalue weighted by Crippen LogP contribution is 2.38. The fourth-order valence-electron chi connectivity index (χ4n) is 5.41. The molecule has 1 aromatic carbocycles. The highest BCUT2D eigenvalue weighted by Gasteiger charge is 2.47. The van der Waals surface area contributed by atoms with E-state index in [2.05, 4.69) is 32.0 Å². The van der Waals surface area contributed by atoms with Gasteiger partial charge in [-0.05, 0) is 58.0 Å². The summed E-state index contributed by atoms with van der Waals surface area (Å²) in [7, 11) is -2.05. The number of piperidine rings is 1. The molecular formula is C25H29F2N9O3S2. The fraction of sp³-hybridized carbons (Fsp3) is 0.560. The van der Waals surface area contributed by atoms with Gasteiger partial charge in [0.1, 0.15) is 5.54 Å². The second-order valence-corrected chi connectivity index (χ2v) is 13.5. The Kier molecular flexibility index (Phi) is 7.17. The number of benzene rings is 1. The molecule has 2 aromatic heterocycles. The van der Waals surface area contributed by atoms with Crippen LogP contribution in [0.3, 0.4) is 0 Å². The zero-order chi connectivity index (χ0) is 28.9. The molecule has 3 fully saturated rings. The fourth-order valence-corrected chi connectivity index (χ4v) is 7.50. The number of fused-ring (bicyclic) bond motifs is 1. The number of hydrogen-bond donors (Lipinski definition) is 1. The zero-order valence-electron chi connectivity index (χ0n) is 22.3. The van der Waals surface area contributed by atoms with Gasteiger partial charge >= 0.3 is 0 Å². The van der Waals surface area contributed by atoms with E-state index in [-0.39, 0.29) is 21.9 Å². The average molecular weight is 606 g/mol. The number of aromatic nitrogens is 4. The number of nitrogens with one attached hydrogen (secondary N) is 1. The van der Waals surface area contributed by atoms with Gasteiger partial charge in [-0.1, -0.05) is 11.3 Å². The van der Waals surface area contributed by atoms with Crippen molar-refractivity contribution < 1.29 is 22.0 Å². The molecule has 2 saturated heterocycles. The standard InChI is InChI=1S/C25H29F2N9O3S2/c1-33-6-2-16(3-7-33)23(37)35-10-8-34(9-11-35)19-12-17(41(38,39)32-25(15-28)4-5-25)13-20-18(19)14-29-36(20)24-31-30-22(40-24)21(26)27/h12-14,16,21,32H,2-11H2,1H3. The number of carbonyl (C=O) groups excluding carboxylic acids is 1. The van der Waals surface area contributed by atoms with E-state index >= 15 is 0 Å². The molecule has 16 heteroatoms. The maximum absolute atomic E-state index is 13.4. The first kappa shape index (κ1) is 27.9. The van der Waals surface area contributed by atoms with Crippen molar-refractivity contribution in [1.82, 2.24) is 34.5 Å². The van der Waals surface area contributed by atoms with Crippen LogP contribution < -0.4 is 9.62 Å². The van der Waals surface area contributed by atoms with E-state index in [1.54, 1.807) is 12.3 Å². The van der Waals surface area contributed by atoms with Crippen LogP contribution in [-0.4, -0.2) is 96.0 Å². The number of nitriles is 1. The van der Waals surface area contributed by atoms with E-state index in [9.17, 15) is 27.3 Å². The van der Waals surface area contributed by atoms with Crippen LogP contribution in [-0.2, 0) is 14.8 Å². The number of anilines is 1. The lowest BCUT2D eigenvalue weighted by molar-refractivity contribution is -0.137. The summed E-state index contributed by atoms with van der Waals surface area (Å²) < 4.78 is 57.1. The first-order chi connectivity index (χ1) is 19.6. The van der Waals surface area contributed by atoms with Crippen molar-refractivity contribution in [1.29, 1.82) is 5.26 Å². The predicted molar refractivity (Wildman–Crippen MR) is 146 cm³/mol. The van der Waals surface area contributed by atoms with Crippen LogP contribution in [0.15, 0.2) is 23.2 Å². The molecule has 3 aliphatic rings. The molecule has 0 bridgehead atoms. The van der Waals surface area contributed by atoms with E-state index in [0.29, 0.717) is 66.9 Å². The highest BCUT2D eigenvalue weighted by atomic mass is 32.2. The molecule has 6 rings (SSSR count). The third kappa shape index (κ3) is 5.39. The molecule has 1 N–H and O–H groups in total. The number of nitrogens with zero attached hydrogens (tertiary/aromatic N) is 8. The number of alkyl halides is 2. The summed E-state index contributed by atoms with van der Waals surface area (Å²) in [6, 6.07) is 4.99. The van der Waals surface area contributed by atoms with Gasteiger partial charge in [-0.2, -0.15) is 15.1 Å². The molecule has 218 valence electrons. The summed E-state index contributed by atoms with van der Waals surface area (Å²) in [6.45, 7) is 3.73. The summed E-state index contributed by atoms with van der Waals surface area (Å²) in [5, 5.41) is 21.4. The van der Waals surface area contributed by atoms with Crippen molar-refractivity contribution in [3.8, 4) is 11.2 Å². The molecule has 3 aromatic rings. The van der Waals surface area contributed by atoms with Gasteiger partial charge in [0.15, 0.2) is 5.01 Å². The number of hydrogen-bond acceptors (Lipinski definition) is 10. The van der Waals surface area contributed by atoms with Crippen LogP contribution in [0.1, 0.15) is 37.1 Å². The van der Waals surface area contributed by atoms with Gasteiger partial charge in [0.05, 0.1) is 22.7 Å². The van der Waals surface area contributed by atoms with Gasteiger partial charge in [0, 0.05) is 43.2 Å². The molecule has 0 unspecified atom stereocenters. The molecule has 1 amide bonds. The van der Waals surface area contributed by atoms with Gasteiger partial charge in [-0.3, -0.25) is 4.79 Å². The number of piperazine rings is 1. The predicted octanol–water partition coefficient (Wildman–Crippen LogP) is 2.14. The van der Waals surface area contributed by atoms with Crippen molar-refractivity contribution in [2.24, 2.45) is 5.92 Å². The lowest BCUT2D eigenvalue weighted by Crippen LogP contribution is -2.51. The van der Waals surface area contributed by atoms with Gasteiger partial charge < -0.3 is 14.7 Å². The molecule has 12 nitrogen and oxygen atoms in total. The lowest BCUT2D eigenvalue weighted by atomic mass is 9.95. The Labute approximate surface area is 239 Å². The number of sulfonamides is 1. The van der Waals surface area contributed by atoms with Crippen molar-refractivity contribution in [3.63, 3.8) is 0 Å². The number of amides is 1. The van der Waals surface area contributed by atoms with E-state index in [1.165, 1.54) is 10.7 Å². The smallest absolute Gasteiger partial charge is 0.291 e. The number of carbonyl (C=O) groups is 1. The summed E-state index contributed by atoms with van der Waals surface area (Å²) >= 11 is 0.668. The minimum absolute atomic E-state index is 0.0159. The van der Waals surface area contributed by atoms with Crippen LogP contribution >= 0.6 is 11.3 Å². The van der Waals surface area contributed by atoms with Crippen molar-refractivity contribution in [2.45, 2.75) is 42.5 Å². The Morgan fingerprint density at radius 3 is 2.46 bits per heavy atom. The molecule has 0 radical (unpaired) electrons. The lowest BCUT2D eigenvalue weighted by Gasteiger charge is -2.39. The molecule has 1 saturated carbocycles. The maximum atomic E-state index is 13.4. The summed E-state index contributed by atoms with van der Waals surface area (Å²) in [5.74, 6) is 0.177. The van der Waals surface area contributed by atoms with Gasteiger partial charge in [0.2, 0.25) is 21.1 Å². The molecule has 2 aliphatic heterocycles. The van der Waals surface area contributed by atoms with Crippen LogP contribution in [0, 0.1) is 17.2 Å². The zero-order valence-corrected chi connectivity index (χ0v) is 24.0. The Morgan fingerprint density at radius 1 is 1.15 bits per heavy atom. The third-order valence-corrected chi connectivity index (χ3v) is 10.5. The largest absolute Gasteiger partial charge is 0.367 e. The molecule has 0 spiro atoms. The summed E-state index contributed by atoms with van der Waals surface area (Å²) in [4.78, 5) is 19.2. The molecule has 41 heavy (non-hydrogen) atoms. The van der Waals surface area contributed by atoms with Crippen molar-refractivity contribution in [2.75, 3.05) is 51.2 Å². The van der Waals surface area contributed by atoms with E-state index in [1.807, 2.05) is 15.9 Å². The van der Waals surface area contributed by atoms with E-state index < -0.39 is 27.0 Å². The Balaban J connectivity index is 1.32. The van der Waals surface area contributed by atoms with Gasteiger partial charge in [-0.25, -0.2) is 21.9 Å². The minimum atomic E-state index is -4.11. The average Bonchev–Trinajstić information content (AvgIpc) is 3.34. The first-order valence-electron chi connectivity index (χ1n) is 13.4. The maximum Gasteiger partial charge on any atom is 0.291 e. The Hall–Kier alpha value is -3.26. The Bertz CT molecular complexity index is 1610. The van der Waals surface area contributed by atoms with E-state index in [4.69, 9.17) is 0 Å². The molecule has 4 heterocycles. The van der Waals surface area contributed by atoms with Crippen molar-refractivity contribution >= 4 is 43.9 Å². The normalized spacial score (nSPS) is 20.1. The SMILES string of the molecule is CN1CCC(C(=O)N2CCN(c3cc(S(=O)(=O)NC4(C#N)CC4)cc4c3cnn4-c3nnc(C(F)F)s3)CC2)CC1. The first-order valence-corrected chi connectivity index (χ1v) is 15.7. The Morgan fingerprint density at radius 2 is 1.85 bits per heavy atom. The minimum Gasteiger partial charge on any atom is -0.367 e. The second kappa shape index (κ2) is 10.5. The van der Waals surface area contributed by atoms with Crippen LogP contribution in [0.4, 0.5) is 14.5 Å². The van der Waals surface area contributed by atoms with Gasteiger partial charge in [0.25, 0.3) is 6.43 Å². The molecule has 0 atom stereocenters. The number of halogens is 2. The topological polar surface area (TPSA) is 140 Å². The monoisotopic (exact) mass is 605 g/mol. The molecular weight excluding hydrogens is 576 g/mol. The van der Waals surface area contributed by atoms with E-state index in [0.717, 1.165) is 25.9 Å². The second-order valence-electron chi connectivity index (χ2n) is 10.8. The van der Waals surface area contributed by atoms with Crippen molar-refractivity contribution in [3.05, 3.63) is 23.3 Å². The van der Waals surface area contributed by atoms with Crippen LogP contribution in [0.2, 0.25) is 0 Å². The number of likely N-dealkylation sites (tertiary alicyclic amines) is 1. The van der Waals surface area contributed by atoms with Gasteiger partial charge in [-0.15, -0.1) is 10.2 Å². The summed E-state index contributed by atoms with van der Waals surface area (Å²) in [6.07, 6.45) is 1.27. The number of rotatable bonds is 7. The highest BCUT2D eigenvalue weighted by molar-refractivity contribution is 7.89. The molecule has 1 aliphatic carbocycles. The van der Waals surface area contributed by atoms with Crippen LogP contribution in [0.25, 0.3) is 16.0 Å².